The van der Waals surface area contributed by atoms with Crippen molar-refractivity contribution >= 4 is 17.8 Å². The first kappa shape index (κ1) is 26.1. The second-order valence-electron chi connectivity index (χ2n) is 10.1. The van der Waals surface area contributed by atoms with Gasteiger partial charge in [0.25, 0.3) is 0 Å². The van der Waals surface area contributed by atoms with Crippen molar-refractivity contribution in [3.8, 4) is 5.75 Å². The number of hydrogen-bond acceptors (Lipinski definition) is 5. The summed E-state index contributed by atoms with van der Waals surface area (Å²) in [5.41, 5.74) is 6.55. The number of rotatable bonds is 8. The molecule has 3 aliphatic rings. The maximum Gasteiger partial charge on any atom is 0.345 e. The third-order valence-corrected chi connectivity index (χ3v) is 7.71. The van der Waals surface area contributed by atoms with E-state index in [1.165, 1.54) is 0 Å². The van der Waals surface area contributed by atoms with Gasteiger partial charge in [-0.1, -0.05) is 19.9 Å². The quantitative estimate of drug-likeness (QED) is 0.405. The zero-order valence-electron chi connectivity index (χ0n) is 21.5. The van der Waals surface area contributed by atoms with E-state index in [-0.39, 0.29) is 17.8 Å². The second kappa shape index (κ2) is 12.3. The van der Waals surface area contributed by atoms with E-state index in [9.17, 15) is 9.18 Å². The van der Waals surface area contributed by atoms with E-state index in [2.05, 4.69) is 26.8 Å². The summed E-state index contributed by atoms with van der Waals surface area (Å²) in [5, 5.41) is 0. The van der Waals surface area contributed by atoms with E-state index in [0.717, 1.165) is 70.3 Å². The lowest BCUT2D eigenvalue weighted by Gasteiger charge is -2.34. The Morgan fingerprint density at radius 1 is 1.19 bits per heavy atom. The van der Waals surface area contributed by atoms with Crippen LogP contribution in [-0.2, 0) is 0 Å². The number of ether oxygens (including phenoxy) is 1. The summed E-state index contributed by atoms with van der Waals surface area (Å²) < 4.78 is 20.1. The third kappa shape index (κ3) is 6.62. The molecule has 0 saturated carbocycles. The van der Waals surface area contributed by atoms with Crippen molar-refractivity contribution in [1.29, 1.82) is 0 Å². The number of aliphatic imine (C=N–C) groups is 1. The normalized spacial score (nSPS) is 22.3. The van der Waals surface area contributed by atoms with E-state index in [0.29, 0.717) is 42.4 Å². The molecule has 0 radical (unpaired) electrons. The summed E-state index contributed by atoms with van der Waals surface area (Å²) in [4.78, 5) is 29.1. The molecule has 2 atom stereocenters. The number of aromatic nitrogens is 2. The fraction of sp³-hybridized carbons (Fsp3) is 0.630. The van der Waals surface area contributed by atoms with Crippen LogP contribution in [0.3, 0.4) is 0 Å². The number of piperidine rings is 1. The van der Waals surface area contributed by atoms with Gasteiger partial charge in [-0.2, -0.15) is 4.99 Å². The van der Waals surface area contributed by atoms with Gasteiger partial charge in [0.15, 0.2) is 5.75 Å². The molecule has 196 valence electrons. The van der Waals surface area contributed by atoms with Gasteiger partial charge in [0.1, 0.15) is 11.7 Å². The highest BCUT2D eigenvalue weighted by molar-refractivity contribution is 5.92. The van der Waals surface area contributed by atoms with Crippen LogP contribution in [-0.4, -0.2) is 59.5 Å². The topological polar surface area (TPSA) is 96.9 Å². The fourth-order valence-corrected chi connectivity index (χ4v) is 5.30. The summed E-state index contributed by atoms with van der Waals surface area (Å²) in [6.45, 7) is 7.77. The Labute approximate surface area is 213 Å². The van der Waals surface area contributed by atoms with Crippen molar-refractivity contribution in [3.63, 3.8) is 0 Å². The van der Waals surface area contributed by atoms with Crippen LogP contribution in [0.15, 0.2) is 40.9 Å². The summed E-state index contributed by atoms with van der Waals surface area (Å²) >= 11 is 0. The second-order valence-corrected chi connectivity index (χ2v) is 10.1. The minimum Gasteiger partial charge on any atom is -0.490 e. The van der Waals surface area contributed by atoms with Gasteiger partial charge in [0.2, 0.25) is 5.95 Å². The Bertz CT molecular complexity index is 984. The Morgan fingerprint density at radius 2 is 1.92 bits per heavy atom. The molecule has 2 saturated heterocycles. The molecule has 2 fully saturated rings. The number of likely N-dealkylation sites (tertiary alicyclic amines) is 1. The van der Waals surface area contributed by atoms with Crippen LogP contribution in [0, 0.1) is 17.8 Å². The smallest absolute Gasteiger partial charge is 0.345 e. The van der Waals surface area contributed by atoms with Gasteiger partial charge in [0, 0.05) is 38.5 Å². The number of hydrogen-bond donors (Lipinski definition) is 1. The van der Waals surface area contributed by atoms with Crippen molar-refractivity contribution in [1.82, 2.24) is 14.9 Å². The van der Waals surface area contributed by atoms with Gasteiger partial charge in [-0.05, 0) is 62.0 Å². The Morgan fingerprint density at radius 3 is 2.61 bits per heavy atom. The Kier molecular flexibility index (Phi) is 8.93. The largest absolute Gasteiger partial charge is 0.490 e. The van der Waals surface area contributed by atoms with Crippen LogP contribution in [0.5, 0.6) is 5.75 Å². The van der Waals surface area contributed by atoms with Crippen LogP contribution in [0.1, 0.15) is 58.8 Å². The average molecular weight is 499 g/mol. The number of nitrogens with zero attached hydrogens (tertiary/aromatic N) is 5. The zero-order chi connectivity index (χ0) is 25.5. The van der Waals surface area contributed by atoms with Gasteiger partial charge in [-0.25, -0.2) is 19.2 Å². The average Bonchev–Trinajstić information content (AvgIpc) is 3.39. The number of nitrogens with two attached hydrogens (primary N) is 1. The number of carbonyl (C=O) groups excluding carboxylic acids is 1. The van der Waals surface area contributed by atoms with Gasteiger partial charge < -0.3 is 20.3 Å². The number of anilines is 1. The summed E-state index contributed by atoms with van der Waals surface area (Å²) in [6.07, 6.45) is 13.3. The van der Waals surface area contributed by atoms with Gasteiger partial charge in [-0.15, -0.1) is 0 Å². The minimum atomic E-state index is -0.216. The molecule has 8 nitrogen and oxygen atoms in total. The number of amides is 2. The van der Waals surface area contributed by atoms with Crippen molar-refractivity contribution in [2.75, 3.05) is 37.7 Å². The lowest BCUT2D eigenvalue weighted by Crippen LogP contribution is -2.39. The van der Waals surface area contributed by atoms with Crippen LogP contribution in [0.4, 0.5) is 15.1 Å². The highest BCUT2D eigenvalue weighted by atomic mass is 19.1. The van der Waals surface area contributed by atoms with E-state index < -0.39 is 0 Å². The van der Waals surface area contributed by atoms with Crippen molar-refractivity contribution in [2.24, 2.45) is 28.5 Å². The first-order valence-corrected chi connectivity index (χ1v) is 13.3. The predicted molar refractivity (Wildman–Crippen MR) is 140 cm³/mol. The van der Waals surface area contributed by atoms with E-state index in [4.69, 9.17) is 10.5 Å². The predicted octanol–water partition coefficient (Wildman–Crippen LogP) is 4.88. The van der Waals surface area contributed by atoms with Gasteiger partial charge in [0.05, 0.1) is 19.0 Å². The fourth-order valence-electron chi connectivity index (χ4n) is 5.30. The maximum atomic E-state index is 14.2. The number of carbonyl (C=O) groups is 1. The molecule has 3 heterocycles. The molecule has 2 N–H and O–H groups in total. The van der Waals surface area contributed by atoms with Crippen LogP contribution in [0.2, 0.25) is 0 Å². The number of amidine groups is 1. The number of allylic oxidation sites excluding steroid dienone is 3. The molecule has 1 aliphatic carbocycles. The van der Waals surface area contributed by atoms with E-state index in [1.54, 1.807) is 23.4 Å². The Hall–Kier alpha value is -2.97. The molecule has 2 unspecified atom stereocenters. The summed E-state index contributed by atoms with van der Waals surface area (Å²) in [7, 11) is 0. The molecule has 2 amide bonds. The van der Waals surface area contributed by atoms with Crippen LogP contribution in [0.25, 0.3) is 0 Å². The molecule has 2 aliphatic heterocycles. The minimum absolute atomic E-state index is 0.0580. The molecule has 0 aromatic carbocycles. The molecule has 36 heavy (non-hydrogen) atoms. The maximum absolute atomic E-state index is 14.2. The standard InChI is InChI=1S/C27H39FN6O2/c1-3-25(29)32-27(35)33-12-8-20(9-13-33)19(2)11-15-36-22-16-30-26(31-17-22)34-14-10-21(18-34)23-6-4-5-7-24(23)28/h6-7,16-17,19-21H,3-5,8-15,18H2,1-2H3,(H2,29,32,35). The molecular formula is C27H39FN6O2. The van der Waals surface area contributed by atoms with E-state index >= 15 is 0 Å². The number of urea groups is 1. The molecule has 4 rings (SSSR count). The highest BCUT2D eigenvalue weighted by Crippen LogP contribution is 2.34. The van der Waals surface area contributed by atoms with E-state index in [1.807, 2.05) is 13.0 Å². The van der Waals surface area contributed by atoms with Crippen molar-refractivity contribution in [2.45, 2.75) is 58.8 Å². The van der Waals surface area contributed by atoms with Crippen molar-refractivity contribution < 1.29 is 13.9 Å². The molecular weight excluding hydrogens is 459 g/mol. The Balaban J connectivity index is 1.18. The highest BCUT2D eigenvalue weighted by Gasteiger charge is 2.30. The lowest BCUT2D eigenvalue weighted by atomic mass is 9.84. The molecule has 1 aromatic heterocycles. The zero-order valence-corrected chi connectivity index (χ0v) is 21.5. The van der Waals surface area contributed by atoms with Crippen LogP contribution < -0.4 is 15.4 Å². The SMILES string of the molecule is CCC(N)=NC(=O)N1CCC(C(C)CCOc2cnc(N3CCC(C4=CCCC=C4F)C3)nc2)CC1. The lowest BCUT2D eigenvalue weighted by molar-refractivity contribution is 0.149. The molecule has 9 heteroatoms. The number of halogens is 1. The summed E-state index contributed by atoms with van der Waals surface area (Å²) in [6, 6.07) is -0.216. The summed E-state index contributed by atoms with van der Waals surface area (Å²) in [5.74, 6) is 2.93. The first-order valence-electron chi connectivity index (χ1n) is 13.3. The van der Waals surface area contributed by atoms with Crippen LogP contribution >= 0.6 is 0 Å². The molecule has 0 spiro atoms. The molecule has 0 bridgehead atoms. The third-order valence-electron chi connectivity index (χ3n) is 7.71. The van der Waals surface area contributed by atoms with Gasteiger partial charge in [-0.3, -0.25) is 0 Å². The molecule has 1 aromatic rings. The van der Waals surface area contributed by atoms with Gasteiger partial charge >= 0.3 is 6.03 Å². The monoisotopic (exact) mass is 498 g/mol. The van der Waals surface area contributed by atoms with Crippen molar-refractivity contribution in [3.05, 3.63) is 35.9 Å². The first-order chi connectivity index (χ1) is 17.4.